The van der Waals surface area contributed by atoms with Gasteiger partial charge in [0.25, 0.3) is 11.1 Å². The van der Waals surface area contributed by atoms with Crippen LogP contribution in [-0.4, -0.2) is 34.2 Å². The Kier molecular flexibility index (Phi) is 6.05. The molecule has 1 aliphatic carbocycles. The van der Waals surface area contributed by atoms with E-state index in [2.05, 4.69) is 4.98 Å². The molecule has 6 heteroatoms. The Morgan fingerprint density at radius 1 is 1.14 bits per heavy atom. The molecule has 0 N–H and O–H groups in total. The average molecular weight is 399 g/mol. The Balaban J connectivity index is 1.56. The number of nitrogens with zero attached hydrogens (tertiary/aromatic N) is 2. The van der Waals surface area contributed by atoms with Gasteiger partial charge in [-0.2, -0.15) is 0 Å². The fraction of sp³-hybridized carbons (Fsp3) is 0.500. The lowest BCUT2D eigenvalue weighted by Gasteiger charge is -2.37. The first-order valence-corrected chi connectivity index (χ1v) is 11.1. The van der Waals surface area contributed by atoms with E-state index in [1.54, 1.807) is 12.3 Å². The molecular weight excluding hydrogens is 372 g/mol. The van der Waals surface area contributed by atoms with Crippen molar-refractivity contribution in [2.75, 3.05) is 6.54 Å². The van der Waals surface area contributed by atoms with E-state index in [0.29, 0.717) is 28.7 Å². The maximum Gasteiger partial charge on any atom is 0.278 e. The lowest BCUT2D eigenvalue weighted by atomic mass is 9.80. The van der Waals surface area contributed by atoms with E-state index in [-0.39, 0.29) is 17.9 Å². The number of amides is 1. The minimum absolute atomic E-state index is 0.00514. The molecule has 2 fully saturated rings. The number of hydrogen-bond donors (Lipinski definition) is 0. The summed E-state index contributed by atoms with van der Waals surface area (Å²) in [5, 5.41) is 2.41. The molecule has 2 aromatic rings. The normalized spacial score (nSPS) is 23.3. The fourth-order valence-electron chi connectivity index (χ4n) is 4.44. The predicted octanol–water partition coefficient (Wildman–Crippen LogP) is 5.08. The van der Waals surface area contributed by atoms with Gasteiger partial charge in [-0.3, -0.25) is 9.59 Å². The molecule has 0 unspecified atom stereocenters. The molecule has 5 nitrogen and oxygen atoms in total. The molecular formula is C22H26N2O3S. The van der Waals surface area contributed by atoms with Crippen molar-refractivity contribution in [3.63, 3.8) is 0 Å². The quantitative estimate of drug-likeness (QED) is 0.721. The smallest absolute Gasteiger partial charge is 0.278 e. The van der Waals surface area contributed by atoms with Crippen molar-refractivity contribution >= 4 is 23.0 Å². The van der Waals surface area contributed by atoms with Gasteiger partial charge in [0, 0.05) is 42.1 Å². The third kappa shape index (κ3) is 4.27. The zero-order valence-electron chi connectivity index (χ0n) is 16.0. The number of aromatic nitrogens is 1. The molecule has 1 saturated carbocycles. The largest absolute Gasteiger partial charge is 0.431 e. The van der Waals surface area contributed by atoms with Gasteiger partial charge >= 0.3 is 0 Å². The predicted molar refractivity (Wildman–Crippen MR) is 109 cm³/mol. The van der Waals surface area contributed by atoms with E-state index in [4.69, 9.17) is 4.74 Å². The number of Topliss-reactive ketones (excluding diaryl/α,β-unsaturated/α-hetero) is 1. The molecule has 2 atom stereocenters. The molecule has 0 bridgehead atoms. The number of ketones is 1. The standard InChI is InChI=1S/C22H26N2O3S/c25-20-11-4-3-9-18(20)19-10-2-1-5-13-24(19)21(26)16-7-6-8-17(15-16)27-22-23-12-14-28-22/h6-8,12,14-15,18-19H,1-5,9-11,13H2/t18-,19-/m1/s1. The number of benzene rings is 1. The van der Waals surface area contributed by atoms with Gasteiger partial charge in [-0.1, -0.05) is 36.7 Å². The van der Waals surface area contributed by atoms with Gasteiger partial charge in [-0.15, -0.1) is 0 Å². The number of thiazole rings is 1. The molecule has 0 radical (unpaired) electrons. The highest BCUT2D eigenvalue weighted by atomic mass is 32.1. The van der Waals surface area contributed by atoms with E-state index in [9.17, 15) is 9.59 Å². The van der Waals surface area contributed by atoms with Gasteiger partial charge < -0.3 is 9.64 Å². The van der Waals surface area contributed by atoms with Crippen LogP contribution in [0, 0.1) is 5.92 Å². The molecule has 1 aromatic heterocycles. The van der Waals surface area contributed by atoms with Crippen molar-refractivity contribution in [2.45, 2.75) is 57.4 Å². The summed E-state index contributed by atoms with van der Waals surface area (Å²) in [4.78, 5) is 32.1. The Morgan fingerprint density at radius 2 is 2.04 bits per heavy atom. The first kappa shape index (κ1) is 19.1. The van der Waals surface area contributed by atoms with Crippen LogP contribution in [0.1, 0.15) is 61.7 Å². The first-order valence-electron chi connectivity index (χ1n) is 10.2. The maximum absolute atomic E-state index is 13.4. The van der Waals surface area contributed by atoms with Crippen molar-refractivity contribution < 1.29 is 14.3 Å². The number of hydrogen-bond acceptors (Lipinski definition) is 5. The molecule has 28 heavy (non-hydrogen) atoms. The Labute approximate surface area is 169 Å². The molecule has 2 aliphatic rings. The van der Waals surface area contributed by atoms with Crippen LogP contribution >= 0.6 is 11.3 Å². The lowest BCUT2D eigenvalue weighted by Crippen LogP contribution is -2.47. The van der Waals surface area contributed by atoms with Crippen LogP contribution in [0.5, 0.6) is 10.9 Å². The van der Waals surface area contributed by atoms with Gasteiger partial charge in [-0.05, 0) is 43.9 Å². The second kappa shape index (κ2) is 8.86. The topological polar surface area (TPSA) is 59.5 Å². The van der Waals surface area contributed by atoms with Crippen LogP contribution in [0.15, 0.2) is 35.8 Å². The number of ether oxygens (including phenoxy) is 1. The molecule has 1 amide bonds. The van der Waals surface area contributed by atoms with Crippen LogP contribution in [0.4, 0.5) is 0 Å². The maximum atomic E-state index is 13.4. The van der Waals surface area contributed by atoms with Crippen molar-refractivity contribution in [3.8, 4) is 10.9 Å². The number of carbonyl (C=O) groups is 2. The Morgan fingerprint density at radius 3 is 2.86 bits per heavy atom. The van der Waals surface area contributed by atoms with E-state index in [1.807, 2.05) is 28.5 Å². The summed E-state index contributed by atoms with van der Waals surface area (Å²) in [7, 11) is 0. The van der Waals surface area contributed by atoms with Gasteiger partial charge in [0.15, 0.2) is 0 Å². The average Bonchev–Trinajstić information content (AvgIpc) is 3.10. The van der Waals surface area contributed by atoms with Gasteiger partial charge in [0.05, 0.1) is 0 Å². The summed E-state index contributed by atoms with van der Waals surface area (Å²) < 4.78 is 5.76. The summed E-state index contributed by atoms with van der Waals surface area (Å²) in [6.07, 6.45) is 9.49. The van der Waals surface area contributed by atoms with Crippen LogP contribution in [0.25, 0.3) is 0 Å². The minimum Gasteiger partial charge on any atom is -0.431 e. The van der Waals surface area contributed by atoms with E-state index < -0.39 is 0 Å². The molecule has 1 aromatic carbocycles. The van der Waals surface area contributed by atoms with Crippen molar-refractivity contribution in [1.29, 1.82) is 0 Å². The Hall–Kier alpha value is -2.21. The first-order chi connectivity index (χ1) is 13.7. The monoisotopic (exact) mass is 398 g/mol. The molecule has 1 saturated heterocycles. The number of carbonyl (C=O) groups excluding carboxylic acids is 2. The van der Waals surface area contributed by atoms with E-state index in [1.165, 1.54) is 11.3 Å². The van der Waals surface area contributed by atoms with Crippen molar-refractivity contribution in [1.82, 2.24) is 9.88 Å². The van der Waals surface area contributed by atoms with Gasteiger partial charge in [0.2, 0.25) is 0 Å². The third-order valence-electron chi connectivity index (χ3n) is 5.82. The highest BCUT2D eigenvalue weighted by Crippen LogP contribution is 2.33. The summed E-state index contributed by atoms with van der Waals surface area (Å²) in [5.41, 5.74) is 0.615. The summed E-state index contributed by atoms with van der Waals surface area (Å²) in [6, 6.07) is 7.33. The molecule has 4 rings (SSSR count). The van der Waals surface area contributed by atoms with Crippen LogP contribution in [0.3, 0.4) is 0 Å². The summed E-state index contributed by atoms with van der Waals surface area (Å²) in [5.74, 6) is 0.970. The number of rotatable bonds is 4. The lowest BCUT2D eigenvalue weighted by molar-refractivity contribution is -0.126. The molecule has 148 valence electrons. The van der Waals surface area contributed by atoms with E-state index >= 15 is 0 Å². The second-order valence-electron chi connectivity index (χ2n) is 7.66. The Bertz CT molecular complexity index is 821. The SMILES string of the molecule is O=C1CCCC[C@@H]1[C@H]1CCCCCN1C(=O)c1cccc(Oc2nccs2)c1. The highest BCUT2D eigenvalue weighted by Gasteiger charge is 2.37. The minimum atomic E-state index is 0.00514. The fourth-order valence-corrected chi connectivity index (χ4v) is 4.95. The van der Waals surface area contributed by atoms with Crippen LogP contribution in [-0.2, 0) is 4.79 Å². The molecule has 2 heterocycles. The second-order valence-corrected chi connectivity index (χ2v) is 8.52. The summed E-state index contributed by atoms with van der Waals surface area (Å²) >= 11 is 1.42. The zero-order chi connectivity index (χ0) is 19.3. The van der Waals surface area contributed by atoms with Gasteiger partial charge in [0.1, 0.15) is 11.5 Å². The van der Waals surface area contributed by atoms with Crippen molar-refractivity contribution in [3.05, 3.63) is 41.4 Å². The van der Waals surface area contributed by atoms with Crippen molar-refractivity contribution in [2.24, 2.45) is 5.92 Å². The zero-order valence-corrected chi connectivity index (χ0v) is 16.8. The van der Waals surface area contributed by atoms with Gasteiger partial charge in [-0.25, -0.2) is 4.98 Å². The van der Waals surface area contributed by atoms with Crippen LogP contribution in [0.2, 0.25) is 0 Å². The molecule has 0 spiro atoms. The highest BCUT2D eigenvalue weighted by molar-refractivity contribution is 7.11. The van der Waals surface area contributed by atoms with Crippen LogP contribution < -0.4 is 4.74 Å². The number of likely N-dealkylation sites (tertiary alicyclic amines) is 1. The van der Waals surface area contributed by atoms with E-state index in [0.717, 1.165) is 51.5 Å². The third-order valence-corrected chi connectivity index (χ3v) is 6.47. The summed E-state index contributed by atoms with van der Waals surface area (Å²) in [6.45, 7) is 0.727. The molecule has 1 aliphatic heterocycles.